The summed E-state index contributed by atoms with van der Waals surface area (Å²) in [5.41, 5.74) is 5.55. The number of pyridine rings is 1. The number of hydrogen-bond donors (Lipinski definition) is 1. The molecule has 1 amide bonds. The molecule has 0 aliphatic heterocycles. The molecule has 0 saturated carbocycles. The minimum Gasteiger partial charge on any atom is -0.439 e. The predicted octanol–water partition coefficient (Wildman–Crippen LogP) is 2.58. The first-order chi connectivity index (χ1) is 8.15. The molecule has 0 aliphatic carbocycles. The second-order valence-corrected chi connectivity index (χ2v) is 4.55. The number of aromatic nitrogens is 1. The van der Waals surface area contributed by atoms with Crippen molar-refractivity contribution in [3.8, 4) is 11.6 Å². The zero-order chi connectivity index (χ0) is 12.3. The summed E-state index contributed by atoms with van der Waals surface area (Å²) in [6, 6.07) is 10.6. The molecule has 1 aromatic heterocycles. The summed E-state index contributed by atoms with van der Waals surface area (Å²) >= 11 is 2.19. The van der Waals surface area contributed by atoms with E-state index in [-0.39, 0.29) is 0 Å². The Morgan fingerprint density at radius 2 is 2.12 bits per heavy atom. The number of amides is 1. The molecule has 0 bridgehead atoms. The lowest BCUT2D eigenvalue weighted by molar-refractivity contribution is 0.1000. The molecule has 0 radical (unpaired) electrons. The fourth-order valence-corrected chi connectivity index (χ4v) is 1.78. The molecule has 1 heterocycles. The Morgan fingerprint density at radius 1 is 1.29 bits per heavy atom. The lowest BCUT2D eigenvalue weighted by Gasteiger charge is -2.05. The van der Waals surface area contributed by atoms with Gasteiger partial charge in [-0.1, -0.05) is 6.07 Å². The first-order valence-electron chi connectivity index (χ1n) is 4.84. The maximum absolute atomic E-state index is 11.0. The van der Waals surface area contributed by atoms with Crippen LogP contribution < -0.4 is 10.5 Å². The van der Waals surface area contributed by atoms with Gasteiger partial charge in [-0.05, 0) is 46.9 Å². The Kier molecular flexibility index (Phi) is 3.58. The van der Waals surface area contributed by atoms with Crippen molar-refractivity contribution in [1.82, 2.24) is 4.98 Å². The molecule has 17 heavy (non-hydrogen) atoms. The Bertz CT molecular complexity index is 558. The molecule has 2 aromatic rings. The van der Waals surface area contributed by atoms with Crippen molar-refractivity contribution in [3.63, 3.8) is 0 Å². The van der Waals surface area contributed by atoms with E-state index in [9.17, 15) is 4.79 Å². The summed E-state index contributed by atoms with van der Waals surface area (Å²) in [5, 5.41) is 0. The molecule has 2 rings (SSSR count). The Balaban J connectivity index is 2.24. The van der Waals surface area contributed by atoms with E-state index in [1.807, 2.05) is 24.3 Å². The zero-order valence-electron chi connectivity index (χ0n) is 8.76. The quantitative estimate of drug-likeness (QED) is 0.874. The zero-order valence-corrected chi connectivity index (χ0v) is 10.9. The van der Waals surface area contributed by atoms with Crippen LogP contribution in [-0.4, -0.2) is 10.9 Å². The fraction of sp³-hybridized carbons (Fsp3) is 0. The molecule has 2 N–H and O–H groups in total. The van der Waals surface area contributed by atoms with Crippen LogP contribution in [0.3, 0.4) is 0 Å². The van der Waals surface area contributed by atoms with Crippen molar-refractivity contribution in [3.05, 3.63) is 51.7 Å². The van der Waals surface area contributed by atoms with Gasteiger partial charge in [-0.3, -0.25) is 4.79 Å². The third kappa shape index (κ3) is 3.16. The average molecular weight is 340 g/mol. The van der Waals surface area contributed by atoms with Gasteiger partial charge in [0.1, 0.15) is 5.75 Å². The second-order valence-electron chi connectivity index (χ2n) is 3.31. The second kappa shape index (κ2) is 5.13. The number of primary amides is 1. The molecule has 0 saturated heterocycles. The van der Waals surface area contributed by atoms with Crippen LogP contribution in [-0.2, 0) is 0 Å². The summed E-state index contributed by atoms with van der Waals surface area (Å²) < 4.78 is 6.59. The van der Waals surface area contributed by atoms with Gasteiger partial charge in [-0.25, -0.2) is 4.98 Å². The van der Waals surface area contributed by atoms with Gasteiger partial charge < -0.3 is 10.5 Å². The Morgan fingerprint density at radius 3 is 2.82 bits per heavy atom. The van der Waals surface area contributed by atoms with Gasteiger partial charge in [0.25, 0.3) is 0 Å². The monoisotopic (exact) mass is 340 g/mol. The van der Waals surface area contributed by atoms with E-state index >= 15 is 0 Å². The number of nitrogens with two attached hydrogens (primary N) is 1. The first-order valence-corrected chi connectivity index (χ1v) is 5.92. The first kappa shape index (κ1) is 11.8. The van der Waals surface area contributed by atoms with E-state index in [2.05, 4.69) is 27.6 Å². The summed E-state index contributed by atoms with van der Waals surface area (Å²) in [6.07, 6.45) is 1.49. The van der Waals surface area contributed by atoms with Crippen LogP contribution >= 0.6 is 22.6 Å². The van der Waals surface area contributed by atoms with Crippen molar-refractivity contribution in [2.45, 2.75) is 0 Å². The van der Waals surface area contributed by atoms with Crippen molar-refractivity contribution in [2.75, 3.05) is 0 Å². The van der Waals surface area contributed by atoms with E-state index in [1.54, 1.807) is 6.07 Å². The highest BCUT2D eigenvalue weighted by Crippen LogP contribution is 2.21. The van der Waals surface area contributed by atoms with Gasteiger partial charge in [-0.2, -0.15) is 0 Å². The van der Waals surface area contributed by atoms with Crippen LogP contribution in [0.2, 0.25) is 0 Å². The Hall–Kier alpha value is -1.63. The van der Waals surface area contributed by atoms with Crippen LogP contribution in [0.5, 0.6) is 11.6 Å². The highest BCUT2D eigenvalue weighted by atomic mass is 127. The van der Waals surface area contributed by atoms with Gasteiger partial charge in [-0.15, -0.1) is 0 Å². The minimum absolute atomic E-state index is 0.350. The molecular weight excluding hydrogens is 331 g/mol. The topological polar surface area (TPSA) is 65.2 Å². The summed E-state index contributed by atoms with van der Waals surface area (Å²) in [5.74, 6) is 0.522. The normalized spacial score (nSPS) is 9.94. The minimum atomic E-state index is -0.500. The van der Waals surface area contributed by atoms with Crippen LogP contribution in [0.25, 0.3) is 0 Å². The summed E-state index contributed by atoms with van der Waals surface area (Å²) in [6.45, 7) is 0. The van der Waals surface area contributed by atoms with Gasteiger partial charge in [0.2, 0.25) is 11.8 Å². The van der Waals surface area contributed by atoms with Crippen LogP contribution in [0, 0.1) is 3.57 Å². The molecule has 0 atom stereocenters. The SMILES string of the molecule is NC(=O)c1ccnc(Oc2cccc(I)c2)c1. The van der Waals surface area contributed by atoms with Crippen LogP contribution in [0.1, 0.15) is 10.4 Å². The van der Waals surface area contributed by atoms with Crippen molar-refractivity contribution in [2.24, 2.45) is 5.73 Å². The number of halogens is 1. The van der Waals surface area contributed by atoms with Gasteiger partial charge in [0.15, 0.2) is 0 Å². The number of carbonyl (C=O) groups is 1. The molecule has 4 nitrogen and oxygen atoms in total. The molecule has 0 spiro atoms. The molecule has 86 valence electrons. The van der Waals surface area contributed by atoms with Crippen molar-refractivity contribution < 1.29 is 9.53 Å². The average Bonchev–Trinajstić information content (AvgIpc) is 2.29. The maximum atomic E-state index is 11.0. The van der Waals surface area contributed by atoms with Crippen molar-refractivity contribution >= 4 is 28.5 Å². The molecule has 0 aliphatic rings. The molecule has 5 heteroatoms. The third-order valence-corrected chi connectivity index (χ3v) is 2.71. The molecular formula is C12H9IN2O2. The number of carbonyl (C=O) groups excluding carboxylic acids is 1. The molecule has 0 unspecified atom stereocenters. The third-order valence-electron chi connectivity index (χ3n) is 2.04. The van der Waals surface area contributed by atoms with E-state index in [1.165, 1.54) is 12.3 Å². The van der Waals surface area contributed by atoms with E-state index in [0.29, 0.717) is 17.2 Å². The standard InChI is InChI=1S/C12H9IN2O2/c13-9-2-1-3-10(7-9)17-11-6-8(12(14)16)4-5-15-11/h1-7H,(H2,14,16). The van der Waals surface area contributed by atoms with Crippen molar-refractivity contribution in [1.29, 1.82) is 0 Å². The number of nitrogens with zero attached hydrogens (tertiary/aromatic N) is 1. The Labute approximate surface area is 112 Å². The highest BCUT2D eigenvalue weighted by Gasteiger charge is 2.04. The van der Waals surface area contributed by atoms with E-state index in [4.69, 9.17) is 10.5 Å². The van der Waals surface area contributed by atoms with E-state index < -0.39 is 5.91 Å². The number of benzene rings is 1. The number of ether oxygens (including phenoxy) is 1. The predicted molar refractivity (Wildman–Crippen MR) is 72.0 cm³/mol. The maximum Gasteiger partial charge on any atom is 0.248 e. The van der Waals surface area contributed by atoms with Gasteiger partial charge in [0.05, 0.1) is 0 Å². The summed E-state index contributed by atoms with van der Waals surface area (Å²) in [4.78, 5) is 15.0. The van der Waals surface area contributed by atoms with E-state index in [0.717, 1.165) is 3.57 Å². The van der Waals surface area contributed by atoms with Crippen LogP contribution in [0.4, 0.5) is 0 Å². The molecule has 1 aromatic carbocycles. The smallest absolute Gasteiger partial charge is 0.248 e. The molecule has 0 fully saturated rings. The highest BCUT2D eigenvalue weighted by molar-refractivity contribution is 14.1. The summed E-state index contributed by atoms with van der Waals surface area (Å²) in [7, 11) is 0. The lowest BCUT2D eigenvalue weighted by Crippen LogP contribution is -2.10. The fourth-order valence-electron chi connectivity index (χ4n) is 1.27. The number of rotatable bonds is 3. The van der Waals surface area contributed by atoms with Gasteiger partial charge >= 0.3 is 0 Å². The lowest BCUT2D eigenvalue weighted by atomic mass is 10.2. The van der Waals surface area contributed by atoms with Gasteiger partial charge in [0, 0.05) is 21.4 Å². The number of hydrogen-bond acceptors (Lipinski definition) is 3. The van der Waals surface area contributed by atoms with Crippen LogP contribution in [0.15, 0.2) is 42.6 Å². The largest absolute Gasteiger partial charge is 0.439 e.